The van der Waals surface area contributed by atoms with Crippen LogP contribution < -0.4 is 0 Å². The first-order chi connectivity index (χ1) is 8.99. The van der Waals surface area contributed by atoms with Gasteiger partial charge in [0.2, 0.25) is 0 Å². The fourth-order valence-corrected chi connectivity index (χ4v) is 1.72. The van der Waals surface area contributed by atoms with Crippen LogP contribution in [0.2, 0.25) is 0 Å². The van der Waals surface area contributed by atoms with Crippen molar-refractivity contribution in [2.45, 2.75) is 0 Å². The van der Waals surface area contributed by atoms with Crippen LogP contribution in [0.1, 0.15) is 21.0 Å². The van der Waals surface area contributed by atoms with Crippen LogP contribution in [0.25, 0.3) is 11.3 Å². The molecule has 0 aliphatic heterocycles. The van der Waals surface area contributed by atoms with E-state index in [0.29, 0.717) is 11.3 Å². The molecule has 0 bridgehead atoms. The third kappa shape index (κ3) is 2.76. The van der Waals surface area contributed by atoms with Gasteiger partial charge < -0.3 is 10.2 Å². The lowest BCUT2D eigenvalue weighted by atomic mass is 10.1. The topological polar surface area (TPSA) is 100 Å². The number of carboxylic acid groups (broad SMARTS) is 2. The number of nitrogens with zero attached hydrogens (tertiary/aromatic N) is 2. The van der Waals surface area contributed by atoms with Crippen molar-refractivity contribution >= 4 is 27.9 Å². The van der Waals surface area contributed by atoms with Crippen molar-refractivity contribution in [3.63, 3.8) is 0 Å². The predicted octanol–water partition coefficient (Wildman–Crippen LogP) is 2.30. The maximum absolute atomic E-state index is 11.0. The monoisotopic (exact) mass is 322 g/mol. The molecule has 2 aromatic rings. The van der Waals surface area contributed by atoms with Gasteiger partial charge in [0.05, 0.1) is 11.9 Å². The van der Waals surface area contributed by atoms with Gasteiger partial charge in [-0.05, 0) is 12.1 Å². The smallest absolute Gasteiger partial charge is 0.357 e. The standard InChI is InChI=1S/C12H7BrN2O4/c13-7-3-1-6(2-4-7)8-5-14-9(11(16)17)10(15-8)12(18)19/h1-5H,(H,16,17)(H,18,19). The Hall–Kier alpha value is -2.28. The summed E-state index contributed by atoms with van der Waals surface area (Å²) in [6.07, 6.45) is 1.24. The first-order valence-electron chi connectivity index (χ1n) is 5.08. The minimum atomic E-state index is -1.43. The van der Waals surface area contributed by atoms with E-state index in [4.69, 9.17) is 10.2 Å². The quantitative estimate of drug-likeness (QED) is 0.899. The van der Waals surface area contributed by atoms with E-state index in [9.17, 15) is 9.59 Å². The van der Waals surface area contributed by atoms with E-state index in [0.717, 1.165) is 4.47 Å². The average Bonchev–Trinajstić information content (AvgIpc) is 2.38. The maximum atomic E-state index is 11.0. The highest BCUT2D eigenvalue weighted by Gasteiger charge is 2.20. The molecule has 0 spiro atoms. The summed E-state index contributed by atoms with van der Waals surface area (Å²) < 4.78 is 0.866. The molecule has 0 radical (unpaired) electrons. The van der Waals surface area contributed by atoms with E-state index < -0.39 is 23.3 Å². The molecule has 0 aliphatic rings. The van der Waals surface area contributed by atoms with Crippen molar-refractivity contribution in [1.29, 1.82) is 0 Å². The molecule has 0 saturated heterocycles. The lowest BCUT2D eigenvalue weighted by Crippen LogP contribution is -2.13. The minimum absolute atomic E-state index is 0.301. The predicted molar refractivity (Wildman–Crippen MR) is 69.1 cm³/mol. The largest absolute Gasteiger partial charge is 0.476 e. The Bertz CT molecular complexity index is 655. The minimum Gasteiger partial charge on any atom is -0.476 e. The first kappa shape index (κ1) is 13.2. The van der Waals surface area contributed by atoms with Crippen LogP contribution in [0.5, 0.6) is 0 Å². The van der Waals surface area contributed by atoms with Crippen LogP contribution in [-0.2, 0) is 0 Å². The Morgan fingerprint density at radius 3 is 2.11 bits per heavy atom. The molecular weight excluding hydrogens is 316 g/mol. The van der Waals surface area contributed by atoms with Crippen molar-refractivity contribution in [2.24, 2.45) is 0 Å². The number of rotatable bonds is 3. The average molecular weight is 323 g/mol. The molecule has 0 saturated carbocycles. The zero-order valence-corrected chi connectivity index (χ0v) is 11.0. The normalized spacial score (nSPS) is 10.2. The summed E-state index contributed by atoms with van der Waals surface area (Å²) in [7, 11) is 0. The summed E-state index contributed by atoms with van der Waals surface area (Å²) in [5.41, 5.74) is -0.202. The van der Waals surface area contributed by atoms with Gasteiger partial charge in [-0.25, -0.2) is 19.6 Å². The van der Waals surface area contributed by atoms with Crippen LogP contribution >= 0.6 is 15.9 Å². The van der Waals surface area contributed by atoms with Crippen LogP contribution in [0, 0.1) is 0 Å². The molecule has 0 unspecified atom stereocenters. The van der Waals surface area contributed by atoms with E-state index >= 15 is 0 Å². The van der Waals surface area contributed by atoms with Gasteiger partial charge in [-0.1, -0.05) is 28.1 Å². The highest BCUT2D eigenvalue weighted by molar-refractivity contribution is 9.10. The molecule has 0 aliphatic carbocycles. The second-order valence-corrected chi connectivity index (χ2v) is 4.49. The third-order valence-electron chi connectivity index (χ3n) is 2.32. The van der Waals surface area contributed by atoms with Gasteiger partial charge in [0.1, 0.15) is 0 Å². The van der Waals surface area contributed by atoms with E-state index in [1.807, 2.05) is 0 Å². The maximum Gasteiger partial charge on any atom is 0.357 e. The number of aromatic carboxylic acids is 2. The molecule has 1 heterocycles. The van der Waals surface area contributed by atoms with Crippen molar-refractivity contribution in [3.05, 3.63) is 46.3 Å². The molecule has 0 amide bonds. The Labute approximate surface area is 115 Å². The molecule has 1 aromatic heterocycles. The van der Waals surface area contributed by atoms with Crippen LogP contribution in [0.3, 0.4) is 0 Å². The fourth-order valence-electron chi connectivity index (χ4n) is 1.45. The Kier molecular flexibility index (Phi) is 3.57. The van der Waals surface area contributed by atoms with E-state index in [-0.39, 0.29) is 0 Å². The highest BCUT2D eigenvalue weighted by Crippen LogP contribution is 2.20. The third-order valence-corrected chi connectivity index (χ3v) is 2.85. The Morgan fingerprint density at radius 2 is 1.58 bits per heavy atom. The van der Waals surface area contributed by atoms with E-state index in [2.05, 4.69) is 25.9 Å². The number of aromatic nitrogens is 2. The molecule has 96 valence electrons. The number of carboxylic acids is 2. The highest BCUT2D eigenvalue weighted by atomic mass is 79.9. The van der Waals surface area contributed by atoms with Gasteiger partial charge >= 0.3 is 11.9 Å². The molecule has 7 heteroatoms. The lowest BCUT2D eigenvalue weighted by molar-refractivity contribution is 0.0641. The van der Waals surface area contributed by atoms with Crippen molar-refractivity contribution < 1.29 is 19.8 Å². The van der Waals surface area contributed by atoms with Crippen molar-refractivity contribution in [3.8, 4) is 11.3 Å². The van der Waals surface area contributed by atoms with Gasteiger partial charge in [0.25, 0.3) is 0 Å². The molecule has 1 aromatic carbocycles. The summed E-state index contributed by atoms with van der Waals surface area (Å²) in [6.45, 7) is 0. The van der Waals surface area contributed by atoms with Crippen LogP contribution in [0.4, 0.5) is 0 Å². The lowest BCUT2D eigenvalue weighted by Gasteiger charge is -2.04. The SMILES string of the molecule is O=C(O)c1ncc(-c2ccc(Br)cc2)nc1C(=O)O. The summed E-state index contributed by atoms with van der Waals surface area (Å²) in [5.74, 6) is -2.85. The van der Waals surface area contributed by atoms with E-state index in [1.165, 1.54) is 6.20 Å². The second kappa shape index (κ2) is 5.15. The number of hydrogen-bond donors (Lipinski definition) is 2. The van der Waals surface area contributed by atoms with Gasteiger partial charge in [-0.3, -0.25) is 0 Å². The molecule has 2 rings (SSSR count). The molecule has 19 heavy (non-hydrogen) atoms. The first-order valence-corrected chi connectivity index (χ1v) is 5.88. The fraction of sp³-hybridized carbons (Fsp3) is 0. The van der Waals surface area contributed by atoms with Crippen LogP contribution in [-0.4, -0.2) is 32.1 Å². The Balaban J connectivity index is 2.55. The summed E-state index contributed by atoms with van der Waals surface area (Å²) in [5, 5.41) is 17.8. The zero-order chi connectivity index (χ0) is 14.0. The molecule has 2 N–H and O–H groups in total. The molecule has 6 nitrogen and oxygen atoms in total. The van der Waals surface area contributed by atoms with E-state index in [1.54, 1.807) is 24.3 Å². The number of hydrogen-bond acceptors (Lipinski definition) is 4. The van der Waals surface area contributed by atoms with Gasteiger partial charge in [-0.2, -0.15) is 0 Å². The number of carbonyl (C=O) groups is 2. The Morgan fingerprint density at radius 1 is 1.00 bits per heavy atom. The second-order valence-electron chi connectivity index (χ2n) is 3.57. The number of benzene rings is 1. The molecule has 0 atom stereocenters. The van der Waals surface area contributed by atoms with Crippen molar-refractivity contribution in [1.82, 2.24) is 9.97 Å². The van der Waals surface area contributed by atoms with Gasteiger partial charge in [0, 0.05) is 10.0 Å². The van der Waals surface area contributed by atoms with Gasteiger partial charge in [-0.15, -0.1) is 0 Å². The summed E-state index contributed by atoms with van der Waals surface area (Å²) >= 11 is 3.28. The van der Waals surface area contributed by atoms with Crippen molar-refractivity contribution in [2.75, 3.05) is 0 Å². The molecular formula is C12H7BrN2O4. The zero-order valence-electron chi connectivity index (χ0n) is 9.37. The summed E-state index contributed by atoms with van der Waals surface area (Å²) in [4.78, 5) is 29.3. The van der Waals surface area contributed by atoms with Crippen LogP contribution in [0.15, 0.2) is 34.9 Å². The number of halogens is 1. The summed E-state index contributed by atoms with van der Waals surface area (Å²) in [6, 6.07) is 6.98. The molecule has 0 fully saturated rings. The van der Waals surface area contributed by atoms with Gasteiger partial charge in [0.15, 0.2) is 11.4 Å².